The molecule has 0 aromatic carbocycles. The number of allylic oxidation sites excluding steroid dienone is 1. The van der Waals surface area contributed by atoms with Gasteiger partial charge in [-0.2, -0.15) is 0 Å². The smallest absolute Gasteiger partial charge is 0.410 e. The first-order valence-corrected chi connectivity index (χ1v) is 12.3. The fraction of sp³-hybridized carbons (Fsp3) is 0.692. The molecule has 1 spiro atoms. The highest BCUT2D eigenvalue weighted by molar-refractivity contribution is 5.69. The number of amides is 1. The molecule has 5 rings (SSSR count). The van der Waals surface area contributed by atoms with E-state index in [0.717, 1.165) is 31.7 Å². The van der Waals surface area contributed by atoms with E-state index in [1.54, 1.807) is 18.2 Å². The van der Waals surface area contributed by atoms with Gasteiger partial charge in [0.1, 0.15) is 29.2 Å². The highest BCUT2D eigenvalue weighted by atomic mass is 16.6. The van der Waals surface area contributed by atoms with Gasteiger partial charge in [-0.25, -0.2) is 9.78 Å². The van der Waals surface area contributed by atoms with E-state index >= 15 is 0 Å². The Balaban J connectivity index is 1.21. The van der Waals surface area contributed by atoms with Crippen molar-refractivity contribution in [2.75, 3.05) is 38.8 Å². The number of methoxy groups -OCH3 is 1. The van der Waals surface area contributed by atoms with Gasteiger partial charge in [0, 0.05) is 33.4 Å². The molecule has 3 saturated heterocycles. The molecule has 3 aliphatic heterocycles. The summed E-state index contributed by atoms with van der Waals surface area (Å²) in [5.41, 5.74) is 0.739. The van der Waals surface area contributed by atoms with E-state index in [0.29, 0.717) is 13.1 Å². The Morgan fingerprint density at radius 3 is 2.74 bits per heavy atom. The van der Waals surface area contributed by atoms with Crippen LogP contribution in [0.4, 0.5) is 10.6 Å². The first kappa shape index (κ1) is 23.6. The van der Waals surface area contributed by atoms with Crippen LogP contribution in [0.5, 0.6) is 0 Å². The zero-order valence-corrected chi connectivity index (χ0v) is 20.9. The van der Waals surface area contributed by atoms with E-state index in [2.05, 4.69) is 36.7 Å². The fourth-order valence-corrected chi connectivity index (χ4v) is 5.87. The monoisotopic (exact) mass is 471 g/mol. The highest BCUT2D eigenvalue weighted by Gasteiger charge is 2.72. The highest BCUT2D eigenvalue weighted by Crippen LogP contribution is 2.59. The van der Waals surface area contributed by atoms with Crippen LogP contribution in [0.1, 0.15) is 40.0 Å². The zero-order chi connectivity index (χ0) is 24.1. The van der Waals surface area contributed by atoms with E-state index in [-0.39, 0.29) is 47.6 Å². The number of likely N-dealkylation sites (N-methyl/N-ethyl adjacent to an activating group) is 1. The number of hydrogen-bond acceptors (Lipinski definition) is 7. The molecule has 1 aromatic rings. The number of epoxide rings is 2. The lowest BCUT2D eigenvalue weighted by atomic mass is 9.68. The Morgan fingerprint density at radius 1 is 1.35 bits per heavy atom. The van der Waals surface area contributed by atoms with Crippen LogP contribution in [0.25, 0.3) is 0 Å². The molecule has 8 heteroatoms. The lowest BCUT2D eigenvalue weighted by Crippen LogP contribution is -2.62. The van der Waals surface area contributed by atoms with E-state index in [1.807, 2.05) is 25.2 Å². The lowest BCUT2D eigenvalue weighted by Gasteiger charge is -2.46. The van der Waals surface area contributed by atoms with Crippen molar-refractivity contribution in [3.05, 3.63) is 36.0 Å². The second-order valence-corrected chi connectivity index (χ2v) is 10.7. The number of carbonyl (C=O) groups excluding carboxylic acids is 1. The number of rotatable bonds is 7. The molecule has 8 nitrogen and oxygen atoms in total. The van der Waals surface area contributed by atoms with Gasteiger partial charge in [-0.1, -0.05) is 17.7 Å². The number of ether oxygens (including phenoxy) is 4. The van der Waals surface area contributed by atoms with E-state index in [4.69, 9.17) is 18.9 Å². The number of pyridine rings is 1. The molecule has 0 N–H and O–H groups in total. The maximum Gasteiger partial charge on any atom is 0.410 e. The van der Waals surface area contributed by atoms with Crippen LogP contribution in [-0.4, -0.2) is 85.4 Å². The third-order valence-corrected chi connectivity index (χ3v) is 8.17. The molecule has 0 unspecified atom stereocenters. The third kappa shape index (κ3) is 4.20. The molecule has 0 bridgehead atoms. The Hall–Kier alpha value is -2.16. The molecule has 1 saturated carbocycles. The first-order valence-electron chi connectivity index (χ1n) is 12.3. The maximum absolute atomic E-state index is 13.0. The number of aromatic nitrogens is 1. The van der Waals surface area contributed by atoms with Gasteiger partial charge in [0.2, 0.25) is 0 Å². The van der Waals surface area contributed by atoms with Gasteiger partial charge in [-0.05, 0) is 52.2 Å². The molecular weight excluding hydrogens is 434 g/mol. The van der Waals surface area contributed by atoms with E-state index in [9.17, 15) is 4.79 Å². The standard InChI is InChI=1S/C26H37N3O5/c1-17(2)9-10-20-25(3,34-20)23-22(31-5)19(11-12-26(23)16-32-26)33-24(30)29-14-18(15-29)28(4)21-8-6-7-13-27-21/h6-9,13,18-20,22-23H,10-12,14-16H2,1-5H3/t19-,20-,22-,23-,25+,26+/m1/s1. The molecular formula is C26H37N3O5. The molecule has 4 aliphatic rings. The third-order valence-electron chi connectivity index (χ3n) is 8.17. The van der Waals surface area contributed by atoms with Gasteiger partial charge in [0.15, 0.2) is 0 Å². The van der Waals surface area contributed by atoms with Crippen LogP contribution < -0.4 is 4.90 Å². The van der Waals surface area contributed by atoms with Crippen molar-refractivity contribution in [2.45, 2.75) is 75.6 Å². The van der Waals surface area contributed by atoms with Crippen LogP contribution in [0.3, 0.4) is 0 Å². The van der Waals surface area contributed by atoms with E-state index < -0.39 is 0 Å². The Bertz CT molecular complexity index is 926. The van der Waals surface area contributed by atoms with Gasteiger partial charge >= 0.3 is 6.09 Å². The van der Waals surface area contributed by atoms with Gasteiger partial charge in [0.05, 0.1) is 24.7 Å². The summed E-state index contributed by atoms with van der Waals surface area (Å²) in [7, 11) is 3.72. The average molecular weight is 472 g/mol. The van der Waals surface area contributed by atoms with Crippen LogP contribution in [0, 0.1) is 5.92 Å². The average Bonchev–Trinajstić information content (AvgIpc) is 3.70. The van der Waals surface area contributed by atoms with Crippen LogP contribution in [-0.2, 0) is 18.9 Å². The van der Waals surface area contributed by atoms with E-state index in [1.165, 1.54) is 5.57 Å². The summed E-state index contributed by atoms with van der Waals surface area (Å²) >= 11 is 0. The van der Waals surface area contributed by atoms with Crippen molar-refractivity contribution < 1.29 is 23.7 Å². The van der Waals surface area contributed by atoms with Crippen molar-refractivity contribution in [1.82, 2.24) is 9.88 Å². The molecule has 4 fully saturated rings. The summed E-state index contributed by atoms with van der Waals surface area (Å²) in [6.45, 7) is 8.34. The summed E-state index contributed by atoms with van der Waals surface area (Å²) in [6, 6.07) is 6.09. The second kappa shape index (κ2) is 8.81. The largest absolute Gasteiger partial charge is 0.443 e. The van der Waals surface area contributed by atoms with Crippen molar-refractivity contribution in [3.63, 3.8) is 0 Å². The SMILES string of the molecule is CO[C@@H]1[C@H](OC(=O)N2CC(N(C)c3ccccn3)C2)CC[C@]2(CO2)[C@H]1[C@@]1(C)O[C@@H]1CC=C(C)C. The number of anilines is 1. The molecule has 6 atom stereocenters. The summed E-state index contributed by atoms with van der Waals surface area (Å²) in [4.78, 5) is 21.3. The zero-order valence-electron chi connectivity index (χ0n) is 20.9. The first-order chi connectivity index (χ1) is 16.3. The van der Waals surface area contributed by atoms with Gasteiger partial charge in [-0.15, -0.1) is 0 Å². The normalized spacial score (nSPS) is 36.6. The minimum Gasteiger partial charge on any atom is -0.443 e. The van der Waals surface area contributed by atoms with Crippen molar-refractivity contribution in [3.8, 4) is 0 Å². The fourth-order valence-electron chi connectivity index (χ4n) is 5.87. The van der Waals surface area contributed by atoms with Crippen LogP contribution >= 0.6 is 0 Å². The Kier molecular flexibility index (Phi) is 6.11. The van der Waals surface area contributed by atoms with Crippen LogP contribution in [0.15, 0.2) is 36.0 Å². The predicted molar refractivity (Wildman–Crippen MR) is 128 cm³/mol. The Morgan fingerprint density at radius 2 is 2.12 bits per heavy atom. The number of carbonyl (C=O) groups is 1. The lowest BCUT2D eigenvalue weighted by molar-refractivity contribution is -0.123. The van der Waals surface area contributed by atoms with Gasteiger partial charge < -0.3 is 28.7 Å². The quantitative estimate of drug-likeness (QED) is 0.445. The summed E-state index contributed by atoms with van der Waals surface area (Å²) in [6.07, 6.45) is 5.78. The molecule has 4 heterocycles. The minimum absolute atomic E-state index is 0.0338. The molecule has 1 amide bonds. The molecule has 1 aromatic heterocycles. The van der Waals surface area contributed by atoms with Crippen molar-refractivity contribution in [1.29, 1.82) is 0 Å². The second-order valence-electron chi connectivity index (χ2n) is 10.7. The van der Waals surface area contributed by atoms with Gasteiger partial charge in [0.25, 0.3) is 0 Å². The van der Waals surface area contributed by atoms with Gasteiger partial charge in [-0.3, -0.25) is 0 Å². The van der Waals surface area contributed by atoms with Crippen LogP contribution in [0.2, 0.25) is 0 Å². The van der Waals surface area contributed by atoms with Crippen molar-refractivity contribution in [2.24, 2.45) is 5.92 Å². The topological polar surface area (TPSA) is 80.0 Å². The summed E-state index contributed by atoms with van der Waals surface area (Å²) in [5.74, 6) is 0.941. The maximum atomic E-state index is 13.0. The summed E-state index contributed by atoms with van der Waals surface area (Å²) in [5, 5.41) is 0. The van der Waals surface area contributed by atoms with Crippen molar-refractivity contribution >= 4 is 11.9 Å². The predicted octanol–water partition coefficient (Wildman–Crippen LogP) is 3.42. The molecule has 34 heavy (non-hydrogen) atoms. The Labute approximate surface area is 202 Å². The summed E-state index contributed by atoms with van der Waals surface area (Å²) < 4.78 is 24.3. The molecule has 0 radical (unpaired) electrons. The number of likely N-dealkylation sites (tertiary alicyclic amines) is 1. The minimum atomic E-state index is -0.332. The molecule has 1 aliphatic carbocycles. The number of nitrogens with zero attached hydrogens (tertiary/aromatic N) is 3. The molecule has 186 valence electrons. The number of hydrogen-bond donors (Lipinski definition) is 0.